The average molecular weight is 372 g/mol. The standard InChI is InChI=1S/C19H18BrNO2/c1-19(2,3)23-18(22)21(17-11-7-10-16(20)14-17)13-12-15-8-5-4-6-9-15/h4-11,14H,1-3H3. The zero-order valence-electron chi connectivity index (χ0n) is 13.3. The minimum absolute atomic E-state index is 0.501. The molecule has 0 fully saturated rings. The first-order chi connectivity index (χ1) is 10.8. The largest absolute Gasteiger partial charge is 0.443 e. The number of amides is 1. The summed E-state index contributed by atoms with van der Waals surface area (Å²) in [4.78, 5) is 13.8. The van der Waals surface area contributed by atoms with Gasteiger partial charge in [-0.3, -0.25) is 0 Å². The molecule has 4 heteroatoms. The van der Waals surface area contributed by atoms with Crippen LogP contribution in [0.2, 0.25) is 0 Å². The molecule has 23 heavy (non-hydrogen) atoms. The second-order valence-electron chi connectivity index (χ2n) is 5.90. The number of ether oxygens (including phenoxy) is 1. The van der Waals surface area contributed by atoms with E-state index in [9.17, 15) is 4.79 Å². The molecule has 2 rings (SSSR count). The van der Waals surface area contributed by atoms with Crippen molar-refractivity contribution >= 4 is 27.7 Å². The molecule has 0 atom stereocenters. The van der Waals surface area contributed by atoms with Crippen LogP contribution in [0.3, 0.4) is 0 Å². The Balaban J connectivity index is 2.36. The molecule has 1 amide bonds. The molecule has 0 N–H and O–H groups in total. The SMILES string of the molecule is CC(C)(C)OC(=O)N(C#Cc1ccccc1)c1cccc(Br)c1. The summed E-state index contributed by atoms with van der Waals surface area (Å²) in [5.41, 5.74) is 0.892. The molecular weight excluding hydrogens is 354 g/mol. The first kappa shape index (κ1) is 17.1. The lowest BCUT2D eigenvalue weighted by Crippen LogP contribution is -2.34. The quantitative estimate of drug-likeness (QED) is 0.509. The van der Waals surface area contributed by atoms with Gasteiger partial charge in [-0.2, -0.15) is 0 Å². The van der Waals surface area contributed by atoms with Gasteiger partial charge in [0.25, 0.3) is 0 Å². The molecule has 2 aromatic carbocycles. The molecule has 0 spiro atoms. The summed E-state index contributed by atoms with van der Waals surface area (Å²) >= 11 is 3.41. The number of carbonyl (C=O) groups is 1. The van der Waals surface area contributed by atoms with Gasteiger partial charge >= 0.3 is 6.09 Å². The minimum atomic E-state index is -0.588. The summed E-state index contributed by atoms with van der Waals surface area (Å²) in [6.07, 6.45) is -0.501. The highest BCUT2D eigenvalue weighted by molar-refractivity contribution is 9.10. The van der Waals surface area contributed by atoms with Gasteiger partial charge < -0.3 is 4.74 Å². The summed E-state index contributed by atoms with van der Waals surface area (Å²) in [6.45, 7) is 5.48. The van der Waals surface area contributed by atoms with Crippen molar-refractivity contribution < 1.29 is 9.53 Å². The molecular formula is C19H18BrNO2. The molecule has 2 aromatic rings. The van der Waals surface area contributed by atoms with E-state index in [1.54, 1.807) is 0 Å². The third kappa shape index (κ3) is 5.46. The Morgan fingerprint density at radius 2 is 1.78 bits per heavy atom. The van der Waals surface area contributed by atoms with Gasteiger partial charge in [-0.05, 0) is 57.0 Å². The van der Waals surface area contributed by atoms with Gasteiger partial charge in [0.1, 0.15) is 5.60 Å². The van der Waals surface area contributed by atoms with Crippen LogP contribution in [0.4, 0.5) is 10.5 Å². The van der Waals surface area contributed by atoms with E-state index in [-0.39, 0.29) is 0 Å². The van der Waals surface area contributed by atoms with Gasteiger partial charge in [0, 0.05) is 16.1 Å². The number of hydrogen-bond acceptors (Lipinski definition) is 2. The number of carbonyl (C=O) groups excluding carboxylic acids is 1. The number of hydrogen-bond donors (Lipinski definition) is 0. The van der Waals surface area contributed by atoms with E-state index in [4.69, 9.17) is 4.74 Å². The molecule has 3 nitrogen and oxygen atoms in total. The zero-order chi connectivity index (χ0) is 16.9. The Kier molecular flexibility index (Phi) is 5.46. The Hall–Kier alpha value is -2.25. The predicted octanol–water partition coefficient (Wildman–Crippen LogP) is 5.20. The fourth-order valence-corrected chi connectivity index (χ4v) is 2.17. The van der Waals surface area contributed by atoms with Crippen LogP contribution in [0.25, 0.3) is 0 Å². The fourth-order valence-electron chi connectivity index (χ4n) is 1.78. The predicted molar refractivity (Wildman–Crippen MR) is 96.2 cm³/mol. The van der Waals surface area contributed by atoms with Crippen LogP contribution in [-0.2, 0) is 4.74 Å². The molecule has 0 saturated heterocycles. The molecule has 118 valence electrons. The second-order valence-corrected chi connectivity index (χ2v) is 6.81. The van der Waals surface area contributed by atoms with Crippen molar-refractivity contribution in [2.24, 2.45) is 0 Å². The number of halogens is 1. The van der Waals surface area contributed by atoms with Crippen molar-refractivity contribution in [3.63, 3.8) is 0 Å². The molecule has 0 unspecified atom stereocenters. The summed E-state index contributed by atoms with van der Waals surface area (Å²) in [6, 6.07) is 19.8. The molecule has 0 aromatic heterocycles. The van der Waals surface area contributed by atoms with Gasteiger partial charge in [0.15, 0.2) is 0 Å². The van der Waals surface area contributed by atoms with E-state index in [0.717, 1.165) is 10.0 Å². The van der Waals surface area contributed by atoms with Crippen LogP contribution in [0.1, 0.15) is 26.3 Å². The summed E-state index contributed by atoms with van der Waals surface area (Å²) in [5.74, 6) is 2.99. The van der Waals surface area contributed by atoms with Crippen molar-refractivity contribution in [2.45, 2.75) is 26.4 Å². The molecule has 0 aliphatic carbocycles. The van der Waals surface area contributed by atoms with E-state index >= 15 is 0 Å². The lowest BCUT2D eigenvalue weighted by atomic mass is 10.2. The molecule has 0 aliphatic heterocycles. The zero-order valence-corrected chi connectivity index (χ0v) is 14.9. The van der Waals surface area contributed by atoms with Gasteiger partial charge in [0.2, 0.25) is 0 Å². The lowest BCUT2D eigenvalue weighted by Gasteiger charge is -2.23. The minimum Gasteiger partial charge on any atom is -0.443 e. The van der Waals surface area contributed by atoms with Crippen molar-refractivity contribution in [1.29, 1.82) is 0 Å². The van der Waals surface area contributed by atoms with E-state index in [2.05, 4.69) is 27.9 Å². The van der Waals surface area contributed by atoms with E-state index in [1.165, 1.54) is 4.90 Å². The van der Waals surface area contributed by atoms with Crippen molar-refractivity contribution in [3.8, 4) is 12.0 Å². The Labute approximate surface area is 145 Å². The summed E-state index contributed by atoms with van der Waals surface area (Å²) in [7, 11) is 0. The maximum atomic E-state index is 12.5. The molecule has 0 aliphatic rings. The Bertz CT molecular complexity index is 739. The highest BCUT2D eigenvalue weighted by Crippen LogP contribution is 2.21. The van der Waals surface area contributed by atoms with Crippen LogP contribution >= 0.6 is 15.9 Å². The monoisotopic (exact) mass is 371 g/mol. The third-order valence-electron chi connectivity index (χ3n) is 2.73. The van der Waals surface area contributed by atoms with Crippen LogP contribution in [-0.4, -0.2) is 11.7 Å². The Morgan fingerprint density at radius 3 is 2.39 bits per heavy atom. The molecule has 0 heterocycles. The number of anilines is 1. The summed E-state index contributed by atoms with van der Waals surface area (Å²) in [5, 5.41) is 0. The fraction of sp³-hybridized carbons (Fsp3) is 0.211. The smallest absolute Gasteiger partial charge is 0.426 e. The van der Waals surface area contributed by atoms with Gasteiger partial charge in [-0.25, -0.2) is 9.69 Å². The highest BCUT2D eigenvalue weighted by atomic mass is 79.9. The van der Waals surface area contributed by atoms with E-state index < -0.39 is 11.7 Å². The average Bonchev–Trinajstić information content (AvgIpc) is 2.47. The Morgan fingerprint density at radius 1 is 1.09 bits per heavy atom. The maximum Gasteiger partial charge on any atom is 0.426 e. The van der Waals surface area contributed by atoms with Crippen molar-refractivity contribution in [1.82, 2.24) is 0 Å². The molecule has 0 saturated carbocycles. The maximum absolute atomic E-state index is 12.5. The normalized spacial score (nSPS) is 10.4. The van der Waals surface area contributed by atoms with Crippen molar-refractivity contribution in [2.75, 3.05) is 4.90 Å². The number of nitrogens with zero attached hydrogens (tertiary/aromatic N) is 1. The van der Waals surface area contributed by atoms with Crippen LogP contribution in [0.5, 0.6) is 0 Å². The number of benzene rings is 2. The van der Waals surface area contributed by atoms with Crippen molar-refractivity contribution in [3.05, 3.63) is 64.6 Å². The second kappa shape index (κ2) is 7.34. The molecule has 0 bridgehead atoms. The van der Waals surface area contributed by atoms with Gasteiger partial charge in [-0.15, -0.1) is 0 Å². The van der Waals surface area contributed by atoms with Crippen LogP contribution in [0.15, 0.2) is 59.1 Å². The summed E-state index contributed by atoms with van der Waals surface area (Å²) < 4.78 is 6.32. The van der Waals surface area contributed by atoms with E-state index in [0.29, 0.717) is 5.69 Å². The lowest BCUT2D eigenvalue weighted by molar-refractivity contribution is 0.0600. The van der Waals surface area contributed by atoms with Gasteiger partial charge in [0.05, 0.1) is 5.69 Å². The number of rotatable bonds is 1. The third-order valence-corrected chi connectivity index (χ3v) is 3.22. The van der Waals surface area contributed by atoms with Crippen LogP contribution in [0, 0.1) is 12.0 Å². The first-order valence-electron chi connectivity index (χ1n) is 7.20. The first-order valence-corrected chi connectivity index (χ1v) is 8.00. The van der Waals surface area contributed by atoms with Gasteiger partial charge in [-0.1, -0.05) is 40.2 Å². The molecule has 0 radical (unpaired) electrons. The highest BCUT2D eigenvalue weighted by Gasteiger charge is 2.22. The van der Waals surface area contributed by atoms with E-state index in [1.807, 2.05) is 75.4 Å². The topological polar surface area (TPSA) is 29.5 Å². The van der Waals surface area contributed by atoms with Crippen LogP contribution < -0.4 is 4.90 Å².